The number of thioether (sulfide) groups is 1. The van der Waals surface area contributed by atoms with Gasteiger partial charge >= 0.3 is 0 Å². The van der Waals surface area contributed by atoms with E-state index in [1.165, 1.54) is 12.0 Å². The fourth-order valence-corrected chi connectivity index (χ4v) is 5.28. The van der Waals surface area contributed by atoms with Gasteiger partial charge in [-0.2, -0.15) is 0 Å². The Balaban J connectivity index is 1.24. The summed E-state index contributed by atoms with van der Waals surface area (Å²) in [4.78, 5) is 2.56. The minimum Gasteiger partial charge on any atom is -0.496 e. The van der Waals surface area contributed by atoms with Crippen molar-refractivity contribution >= 4 is 23.4 Å². The van der Waals surface area contributed by atoms with Crippen LogP contribution in [0.15, 0.2) is 53.7 Å². The Hall–Kier alpha value is -2.02. The highest BCUT2D eigenvalue weighted by molar-refractivity contribution is 7.99. The number of hydrogen-bond acceptors (Lipinski definition) is 5. The zero-order valence-corrected chi connectivity index (χ0v) is 20.6. The Kier molecular flexibility index (Phi) is 7.76. The molecule has 32 heavy (non-hydrogen) atoms. The summed E-state index contributed by atoms with van der Waals surface area (Å²) in [6, 6.07) is 16.2. The van der Waals surface area contributed by atoms with Crippen molar-refractivity contribution in [2.75, 3.05) is 32.5 Å². The molecule has 0 amide bonds. The average molecular weight is 471 g/mol. The summed E-state index contributed by atoms with van der Waals surface area (Å²) in [6.07, 6.45) is 2.34. The van der Waals surface area contributed by atoms with Gasteiger partial charge in [-0.05, 0) is 61.5 Å². The van der Waals surface area contributed by atoms with E-state index >= 15 is 0 Å². The Morgan fingerprint density at radius 1 is 1.19 bits per heavy atom. The number of benzene rings is 2. The molecule has 0 spiro atoms. The predicted octanol–water partition coefficient (Wildman–Crippen LogP) is 5.75. The molecule has 2 unspecified atom stereocenters. The highest BCUT2D eigenvalue weighted by Crippen LogP contribution is 2.51. The molecule has 0 bridgehead atoms. The molecule has 1 saturated carbocycles. The maximum absolute atomic E-state index is 6.23. The number of hydrogen-bond donors (Lipinski definition) is 0. The van der Waals surface area contributed by atoms with E-state index in [-0.39, 0.29) is 0 Å². The minimum atomic E-state index is 0.558. The second kappa shape index (κ2) is 10.7. The molecule has 0 aliphatic heterocycles. The molecule has 0 radical (unpaired) electrons. The molecule has 5 nitrogen and oxygen atoms in total. The van der Waals surface area contributed by atoms with Gasteiger partial charge in [0.2, 0.25) is 0 Å². The Bertz CT molecular complexity index is 1030. The van der Waals surface area contributed by atoms with Gasteiger partial charge in [-0.15, -0.1) is 10.2 Å². The average Bonchev–Trinajstić information content (AvgIpc) is 3.49. The molecule has 7 heteroatoms. The van der Waals surface area contributed by atoms with Crippen LogP contribution in [0.25, 0.3) is 11.4 Å². The molecule has 170 valence electrons. The smallest absolute Gasteiger partial charge is 0.191 e. The van der Waals surface area contributed by atoms with Crippen molar-refractivity contribution in [3.05, 3.63) is 59.1 Å². The molecular weight excluding hydrogens is 440 g/mol. The zero-order chi connectivity index (χ0) is 22.5. The number of nitrogens with zero attached hydrogens (tertiary/aromatic N) is 4. The lowest BCUT2D eigenvalue weighted by Crippen LogP contribution is -2.27. The number of halogens is 1. The van der Waals surface area contributed by atoms with Crippen molar-refractivity contribution in [2.45, 2.75) is 30.8 Å². The van der Waals surface area contributed by atoms with E-state index in [1.54, 1.807) is 18.9 Å². The van der Waals surface area contributed by atoms with Crippen LogP contribution in [0, 0.1) is 5.92 Å². The van der Waals surface area contributed by atoms with Crippen molar-refractivity contribution < 1.29 is 4.74 Å². The third kappa shape index (κ3) is 5.48. The summed E-state index contributed by atoms with van der Waals surface area (Å²) in [7, 11) is 3.78. The molecule has 2 aromatic carbocycles. The van der Waals surface area contributed by atoms with Gasteiger partial charge in [-0.25, -0.2) is 0 Å². The molecule has 1 fully saturated rings. The Morgan fingerprint density at radius 3 is 2.75 bits per heavy atom. The van der Waals surface area contributed by atoms with Crippen molar-refractivity contribution in [1.82, 2.24) is 19.7 Å². The molecule has 0 N–H and O–H groups in total. The van der Waals surface area contributed by atoms with Gasteiger partial charge in [0.05, 0.1) is 7.11 Å². The van der Waals surface area contributed by atoms with Gasteiger partial charge in [0, 0.05) is 29.9 Å². The predicted molar refractivity (Wildman–Crippen MR) is 133 cm³/mol. The van der Waals surface area contributed by atoms with Crippen LogP contribution in [-0.4, -0.2) is 52.2 Å². The van der Waals surface area contributed by atoms with E-state index < -0.39 is 0 Å². The number of methoxy groups -OCH3 is 1. The van der Waals surface area contributed by atoms with Crippen LogP contribution >= 0.6 is 23.4 Å². The van der Waals surface area contributed by atoms with Crippen LogP contribution in [0.2, 0.25) is 5.02 Å². The summed E-state index contributed by atoms with van der Waals surface area (Å²) >= 11 is 8.01. The summed E-state index contributed by atoms with van der Waals surface area (Å²) < 4.78 is 7.64. The van der Waals surface area contributed by atoms with Gasteiger partial charge < -0.3 is 14.2 Å². The number of ether oxygens (including phenoxy) is 1. The van der Waals surface area contributed by atoms with Gasteiger partial charge in [0.1, 0.15) is 5.75 Å². The molecule has 1 heterocycles. The monoisotopic (exact) mass is 470 g/mol. The second-order valence-corrected chi connectivity index (χ2v) is 9.81. The molecule has 1 aliphatic rings. The second-order valence-electron chi connectivity index (χ2n) is 8.32. The lowest BCUT2D eigenvalue weighted by atomic mass is 10.1. The topological polar surface area (TPSA) is 43.2 Å². The van der Waals surface area contributed by atoms with Gasteiger partial charge in [-0.1, -0.05) is 60.6 Å². The third-order valence-electron chi connectivity index (χ3n) is 6.17. The van der Waals surface area contributed by atoms with Crippen LogP contribution < -0.4 is 4.74 Å². The van der Waals surface area contributed by atoms with E-state index in [0.717, 1.165) is 59.1 Å². The highest BCUT2D eigenvalue weighted by Gasteiger charge is 2.40. The van der Waals surface area contributed by atoms with E-state index in [9.17, 15) is 0 Å². The fourth-order valence-electron chi connectivity index (χ4n) is 4.27. The quantitative estimate of drug-likeness (QED) is 0.263. The van der Waals surface area contributed by atoms with E-state index in [0.29, 0.717) is 11.8 Å². The zero-order valence-electron chi connectivity index (χ0n) is 19.0. The molecule has 1 aromatic heterocycles. The summed E-state index contributed by atoms with van der Waals surface area (Å²) in [5.74, 6) is 4.15. The Labute approximate surface area is 200 Å². The molecular formula is C25H31ClN4OS. The van der Waals surface area contributed by atoms with Crippen LogP contribution in [0.4, 0.5) is 0 Å². The fraction of sp³-hybridized carbons (Fsp3) is 0.440. The van der Waals surface area contributed by atoms with Gasteiger partial charge in [0.25, 0.3) is 0 Å². The summed E-state index contributed by atoms with van der Waals surface area (Å²) in [5.41, 5.74) is 2.36. The lowest BCUT2D eigenvalue weighted by Gasteiger charge is -2.20. The molecule has 1 aliphatic carbocycles. The van der Waals surface area contributed by atoms with Crippen molar-refractivity contribution in [1.29, 1.82) is 0 Å². The largest absolute Gasteiger partial charge is 0.496 e. The number of aromatic nitrogens is 3. The van der Waals surface area contributed by atoms with Crippen molar-refractivity contribution in [3.8, 4) is 17.1 Å². The van der Waals surface area contributed by atoms with Gasteiger partial charge in [0.15, 0.2) is 11.0 Å². The van der Waals surface area contributed by atoms with E-state index in [2.05, 4.69) is 44.8 Å². The van der Waals surface area contributed by atoms with Crippen LogP contribution in [0.5, 0.6) is 5.75 Å². The minimum absolute atomic E-state index is 0.558. The van der Waals surface area contributed by atoms with Crippen molar-refractivity contribution in [3.63, 3.8) is 0 Å². The molecule has 3 aromatic rings. The van der Waals surface area contributed by atoms with Crippen molar-refractivity contribution in [2.24, 2.45) is 13.0 Å². The SMILES string of the molecule is CCN(CCCSc1nnc(-c2ccccc2)n1C)CC1CC1c1cc(Cl)ccc1OC. The third-order valence-corrected chi connectivity index (χ3v) is 7.51. The van der Waals surface area contributed by atoms with E-state index in [1.807, 2.05) is 37.4 Å². The van der Waals surface area contributed by atoms with Crippen LogP contribution in [0.1, 0.15) is 31.2 Å². The highest BCUT2D eigenvalue weighted by atomic mass is 35.5. The Morgan fingerprint density at radius 2 is 2.00 bits per heavy atom. The first-order valence-electron chi connectivity index (χ1n) is 11.2. The summed E-state index contributed by atoms with van der Waals surface area (Å²) in [5, 5.41) is 10.5. The van der Waals surface area contributed by atoms with Gasteiger partial charge in [-0.3, -0.25) is 0 Å². The van der Waals surface area contributed by atoms with Crippen LogP contribution in [-0.2, 0) is 7.05 Å². The maximum Gasteiger partial charge on any atom is 0.191 e. The summed E-state index contributed by atoms with van der Waals surface area (Å²) in [6.45, 7) is 5.55. The lowest BCUT2D eigenvalue weighted by molar-refractivity contribution is 0.276. The van der Waals surface area contributed by atoms with E-state index in [4.69, 9.17) is 16.3 Å². The normalized spacial score (nSPS) is 17.7. The first-order valence-corrected chi connectivity index (χ1v) is 12.6. The number of rotatable bonds is 11. The standard InChI is InChI=1S/C25H31ClN4OS/c1-4-30(17-19-15-21(19)22-16-20(26)11-12-23(22)31-3)13-8-14-32-25-28-27-24(29(25)2)18-9-6-5-7-10-18/h5-7,9-12,16,19,21H,4,8,13-15,17H2,1-3H3. The first-order chi connectivity index (χ1) is 15.6. The first kappa shape index (κ1) is 23.1. The maximum atomic E-state index is 6.23. The molecule has 2 atom stereocenters. The molecule has 0 saturated heterocycles. The molecule has 4 rings (SSSR count). The van der Waals surface area contributed by atoms with Crippen LogP contribution in [0.3, 0.4) is 0 Å².